The predicted octanol–water partition coefficient (Wildman–Crippen LogP) is 1.49. The van der Waals surface area contributed by atoms with Crippen molar-refractivity contribution in [1.82, 2.24) is 0 Å². The Labute approximate surface area is 67.0 Å². The van der Waals surface area contributed by atoms with Crippen molar-refractivity contribution in [2.24, 2.45) is 0 Å². The zero-order chi connectivity index (χ0) is 8.69. The van der Waals surface area contributed by atoms with E-state index in [2.05, 4.69) is 6.58 Å². The summed E-state index contributed by atoms with van der Waals surface area (Å²) in [5.41, 5.74) is 0. The monoisotopic (exact) mass is 158 g/mol. The molecule has 3 nitrogen and oxygen atoms in total. The van der Waals surface area contributed by atoms with E-state index in [4.69, 9.17) is 9.47 Å². The van der Waals surface area contributed by atoms with Crippen molar-refractivity contribution in [3.63, 3.8) is 0 Å². The summed E-state index contributed by atoms with van der Waals surface area (Å²) in [6.45, 7) is 5.78. The summed E-state index contributed by atoms with van der Waals surface area (Å²) in [7, 11) is 1.54. The van der Waals surface area contributed by atoms with Crippen LogP contribution in [0.25, 0.3) is 0 Å². The lowest BCUT2D eigenvalue weighted by molar-refractivity contribution is -0.143. The summed E-state index contributed by atoms with van der Waals surface area (Å²) in [5.74, 6) is 0.406. The van der Waals surface area contributed by atoms with Gasteiger partial charge in [0.1, 0.15) is 0 Å². The maximum atomic E-state index is 10.7. The third-order valence-corrected chi connectivity index (χ3v) is 1.20. The molecule has 0 aliphatic heterocycles. The average Bonchev–Trinajstić information content (AvgIpc) is 2.01. The van der Waals surface area contributed by atoms with Crippen LogP contribution in [0.2, 0.25) is 0 Å². The van der Waals surface area contributed by atoms with Gasteiger partial charge in [-0.15, -0.1) is 0 Å². The standard InChI is InChI=1S/C8H14O3/c1-4-11-8(9)6-5-7(2)10-3/h2,4-6H2,1,3H3. The van der Waals surface area contributed by atoms with Crippen molar-refractivity contribution < 1.29 is 14.3 Å². The Hall–Kier alpha value is -0.990. The molecule has 0 amide bonds. The third-order valence-electron chi connectivity index (χ3n) is 1.20. The minimum atomic E-state index is -0.203. The predicted molar refractivity (Wildman–Crippen MR) is 42.0 cm³/mol. The number of allylic oxidation sites excluding steroid dienone is 1. The van der Waals surface area contributed by atoms with E-state index in [1.165, 1.54) is 7.11 Å². The van der Waals surface area contributed by atoms with E-state index in [1.807, 2.05) is 0 Å². The summed E-state index contributed by atoms with van der Waals surface area (Å²) in [6.07, 6.45) is 0.885. The molecule has 11 heavy (non-hydrogen) atoms. The van der Waals surface area contributed by atoms with Gasteiger partial charge in [0.25, 0.3) is 0 Å². The molecule has 0 saturated heterocycles. The van der Waals surface area contributed by atoms with Gasteiger partial charge in [-0.3, -0.25) is 4.79 Å². The lowest BCUT2D eigenvalue weighted by atomic mass is 10.3. The summed E-state index contributed by atoms with van der Waals surface area (Å²) >= 11 is 0. The Morgan fingerprint density at radius 3 is 2.55 bits per heavy atom. The minimum Gasteiger partial charge on any atom is -0.502 e. The van der Waals surface area contributed by atoms with Crippen LogP contribution >= 0.6 is 0 Å². The maximum Gasteiger partial charge on any atom is 0.306 e. The van der Waals surface area contributed by atoms with Crippen LogP contribution in [-0.4, -0.2) is 19.7 Å². The number of methoxy groups -OCH3 is 1. The Morgan fingerprint density at radius 1 is 1.45 bits per heavy atom. The molecule has 0 aliphatic rings. The smallest absolute Gasteiger partial charge is 0.306 e. The lowest BCUT2D eigenvalue weighted by Gasteiger charge is -2.03. The number of esters is 1. The molecule has 0 aliphatic carbocycles. The maximum absolute atomic E-state index is 10.7. The van der Waals surface area contributed by atoms with Gasteiger partial charge in [-0.2, -0.15) is 0 Å². The van der Waals surface area contributed by atoms with Crippen LogP contribution in [0.5, 0.6) is 0 Å². The van der Waals surface area contributed by atoms with E-state index >= 15 is 0 Å². The molecule has 0 bridgehead atoms. The summed E-state index contributed by atoms with van der Waals surface area (Å²) in [5, 5.41) is 0. The molecule has 0 aromatic rings. The van der Waals surface area contributed by atoms with Gasteiger partial charge in [-0.25, -0.2) is 0 Å². The summed E-state index contributed by atoms with van der Waals surface area (Å²) < 4.78 is 9.48. The second-order valence-electron chi connectivity index (χ2n) is 2.05. The number of carbonyl (C=O) groups is 1. The van der Waals surface area contributed by atoms with Crippen molar-refractivity contribution >= 4 is 5.97 Å². The van der Waals surface area contributed by atoms with Crippen molar-refractivity contribution in [3.05, 3.63) is 12.3 Å². The number of ether oxygens (including phenoxy) is 2. The molecule has 0 saturated carbocycles. The van der Waals surface area contributed by atoms with Gasteiger partial charge < -0.3 is 9.47 Å². The summed E-state index contributed by atoms with van der Waals surface area (Å²) in [6, 6.07) is 0. The van der Waals surface area contributed by atoms with Crippen molar-refractivity contribution in [3.8, 4) is 0 Å². The van der Waals surface area contributed by atoms with Crippen LogP contribution in [0.3, 0.4) is 0 Å². The molecule has 0 aromatic carbocycles. The first-order chi connectivity index (χ1) is 5.20. The highest BCUT2D eigenvalue weighted by molar-refractivity contribution is 5.69. The van der Waals surface area contributed by atoms with E-state index in [0.29, 0.717) is 25.2 Å². The first-order valence-electron chi connectivity index (χ1n) is 3.58. The van der Waals surface area contributed by atoms with Gasteiger partial charge >= 0.3 is 5.97 Å². The molecule has 0 rings (SSSR count). The quantitative estimate of drug-likeness (QED) is 0.449. The van der Waals surface area contributed by atoms with E-state index in [9.17, 15) is 4.79 Å². The zero-order valence-electron chi connectivity index (χ0n) is 7.05. The largest absolute Gasteiger partial charge is 0.502 e. The van der Waals surface area contributed by atoms with Gasteiger partial charge in [0.15, 0.2) is 0 Å². The molecule has 0 atom stereocenters. The summed E-state index contributed by atoms with van der Waals surface area (Å²) in [4.78, 5) is 10.7. The van der Waals surface area contributed by atoms with Crippen molar-refractivity contribution in [2.45, 2.75) is 19.8 Å². The molecule has 0 fully saturated rings. The Morgan fingerprint density at radius 2 is 2.09 bits per heavy atom. The van der Waals surface area contributed by atoms with E-state index < -0.39 is 0 Å². The highest BCUT2D eigenvalue weighted by Gasteiger charge is 2.02. The number of hydrogen-bond donors (Lipinski definition) is 0. The molecule has 0 radical (unpaired) electrons. The highest BCUT2D eigenvalue weighted by atomic mass is 16.5. The fourth-order valence-corrected chi connectivity index (χ4v) is 0.577. The average molecular weight is 158 g/mol. The van der Waals surface area contributed by atoms with Crippen molar-refractivity contribution in [1.29, 1.82) is 0 Å². The zero-order valence-corrected chi connectivity index (χ0v) is 7.05. The van der Waals surface area contributed by atoms with Crippen LogP contribution in [0.1, 0.15) is 19.8 Å². The topological polar surface area (TPSA) is 35.5 Å². The Bertz CT molecular complexity index is 140. The van der Waals surface area contributed by atoms with Gasteiger partial charge in [0.05, 0.1) is 25.9 Å². The number of carbonyl (C=O) groups excluding carboxylic acids is 1. The molecular weight excluding hydrogens is 144 g/mol. The molecular formula is C8H14O3. The van der Waals surface area contributed by atoms with Gasteiger partial charge in [-0.1, -0.05) is 6.58 Å². The van der Waals surface area contributed by atoms with E-state index in [0.717, 1.165) is 0 Å². The fourth-order valence-electron chi connectivity index (χ4n) is 0.577. The molecule has 64 valence electrons. The SMILES string of the molecule is C=C(CCC(=O)OCC)OC. The van der Waals surface area contributed by atoms with Crippen LogP contribution in [-0.2, 0) is 14.3 Å². The normalized spacial score (nSPS) is 8.91. The van der Waals surface area contributed by atoms with Gasteiger partial charge in [-0.05, 0) is 6.92 Å². The van der Waals surface area contributed by atoms with Crippen LogP contribution in [0, 0.1) is 0 Å². The molecule has 0 spiro atoms. The first kappa shape index (κ1) is 10.0. The van der Waals surface area contributed by atoms with E-state index in [-0.39, 0.29) is 5.97 Å². The highest BCUT2D eigenvalue weighted by Crippen LogP contribution is 2.02. The first-order valence-corrected chi connectivity index (χ1v) is 3.58. The second-order valence-corrected chi connectivity index (χ2v) is 2.05. The van der Waals surface area contributed by atoms with E-state index in [1.54, 1.807) is 6.92 Å². The lowest BCUT2D eigenvalue weighted by Crippen LogP contribution is -2.03. The number of rotatable bonds is 5. The third kappa shape index (κ3) is 5.45. The van der Waals surface area contributed by atoms with Crippen LogP contribution in [0.15, 0.2) is 12.3 Å². The molecule has 3 heteroatoms. The van der Waals surface area contributed by atoms with Crippen LogP contribution < -0.4 is 0 Å². The minimum absolute atomic E-state index is 0.203. The van der Waals surface area contributed by atoms with Gasteiger partial charge in [0, 0.05) is 6.42 Å². The van der Waals surface area contributed by atoms with Crippen LogP contribution in [0.4, 0.5) is 0 Å². The van der Waals surface area contributed by atoms with Gasteiger partial charge in [0.2, 0.25) is 0 Å². The molecule has 0 N–H and O–H groups in total. The Balaban J connectivity index is 3.38. The second kappa shape index (κ2) is 5.77. The molecule has 0 heterocycles. The number of hydrogen-bond acceptors (Lipinski definition) is 3. The Kier molecular flexibility index (Phi) is 5.25. The fraction of sp³-hybridized carbons (Fsp3) is 0.625. The molecule has 0 unspecified atom stereocenters. The van der Waals surface area contributed by atoms with Crippen molar-refractivity contribution in [2.75, 3.05) is 13.7 Å². The molecule has 0 aromatic heterocycles.